The maximum atomic E-state index is 13.4. The summed E-state index contributed by atoms with van der Waals surface area (Å²) < 4.78 is 5.65. The number of carbonyl (C=O) groups is 3. The Morgan fingerprint density at radius 2 is 1.79 bits per heavy atom. The minimum Gasteiger partial charge on any atom is -0.432 e. The predicted octanol–water partition coefficient (Wildman–Crippen LogP) is 5.84. The van der Waals surface area contributed by atoms with Crippen LogP contribution in [0.15, 0.2) is 60.7 Å². The lowest BCUT2D eigenvalue weighted by atomic mass is 9.95. The van der Waals surface area contributed by atoms with E-state index in [1.54, 1.807) is 31.2 Å². The Kier molecular flexibility index (Phi) is 11.0. The maximum absolute atomic E-state index is 13.4. The molecule has 5 rings (SSSR count). The molecule has 3 aromatic carbocycles. The van der Waals surface area contributed by atoms with Gasteiger partial charge in [0.15, 0.2) is 0 Å². The van der Waals surface area contributed by atoms with Crippen LogP contribution in [0, 0.1) is 11.3 Å². The number of aryl methyl sites for hydroxylation is 1. The number of aromatic nitrogens is 3. The minimum atomic E-state index is -0.925. The molecule has 0 aliphatic heterocycles. The average molecular weight is 639 g/mol. The molecular formula is C36H42N6O5. The van der Waals surface area contributed by atoms with E-state index in [9.17, 15) is 14.4 Å². The van der Waals surface area contributed by atoms with Crippen LogP contribution >= 0.6 is 0 Å². The van der Waals surface area contributed by atoms with Crippen molar-refractivity contribution < 1.29 is 24.0 Å². The van der Waals surface area contributed by atoms with Gasteiger partial charge < -0.3 is 20.8 Å². The van der Waals surface area contributed by atoms with Crippen LogP contribution in [0.3, 0.4) is 0 Å². The summed E-state index contributed by atoms with van der Waals surface area (Å²) in [5, 5.41) is 21.5. The van der Waals surface area contributed by atoms with Crippen LogP contribution < -0.4 is 15.5 Å². The molecule has 1 atom stereocenters. The number of para-hydroxylation sites is 1. The Bertz CT molecular complexity index is 1760. The molecule has 1 heterocycles. The first-order chi connectivity index (χ1) is 22.7. The third kappa shape index (κ3) is 8.41. The molecule has 0 saturated heterocycles. The lowest BCUT2D eigenvalue weighted by Crippen LogP contribution is -2.25. The van der Waals surface area contributed by atoms with Crippen LogP contribution in [0.1, 0.15) is 85.8 Å². The molecule has 246 valence electrons. The fraction of sp³-hybridized carbons (Fsp3) is 0.389. The summed E-state index contributed by atoms with van der Waals surface area (Å²) >= 11 is 0. The number of nitrogens with zero attached hydrogens (tertiary/aromatic N) is 3. The molecule has 0 saturated carbocycles. The third-order valence-corrected chi connectivity index (χ3v) is 8.26. The zero-order valence-corrected chi connectivity index (χ0v) is 27.2. The van der Waals surface area contributed by atoms with Gasteiger partial charge >= 0.3 is 6.16 Å². The highest BCUT2D eigenvalue weighted by Gasteiger charge is 2.33. The molecule has 0 radical (unpaired) electrons. The van der Waals surface area contributed by atoms with Gasteiger partial charge in [0.25, 0.3) is 5.91 Å². The molecule has 1 aliphatic carbocycles. The second kappa shape index (κ2) is 15.5. The largest absolute Gasteiger partial charge is 0.535 e. The van der Waals surface area contributed by atoms with E-state index >= 15 is 0 Å². The normalized spacial score (nSPS) is 13.2. The number of rotatable bonds is 15. The number of hydrogen-bond donors (Lipinski definition) is 3. The summed E-state index contributed by atoms with van der Waals surface area (Å²) in [7, 11) is 0. The first-order valence-corrected chi connectivity index (χ1v) is 16.2. The van der Waals surface area contributed by atoms with Gasteiger partial charge in [0, 0.05) is 36.7 Å². The SMILES string of the molecule is CC(=N)CCCNC(=O)c1cccc2c1-c1ccc(CCCC(=O)NCCC(C)C)cc1C2COC(=O)On1nnc2ccccc21. The molecule has 1 unspecified atom stereocenters. The van der Waals surface area contributed by atoms with Crippen molar-refractivity contribution in [3.8, 4) is 11.1 Å². The van der Waals surface area contributed by atoms with Crippen LogP contribution in [0.25, 0.3) is 22.2 Å². The number of fused-ring (bicyclic) bond motifs is 4. The molecule has 1 aliphatic rings. The number of carbonyl (C=O) groups excluding carboxylic acids is 3. The summed E-state index contributed by atoms with van der Waals surface area (Å²) in [5.41, 5.74) is 6.82. The number of nitrogens with one attached hydrogen (secondary N) is 3. The van der Waals surface area contributed by atoms with Crippen molar-refractivity contribution in [2.45, 2.75) is 65.2 Å². The zero-order valence-electron chi connectivity index (χ0n) is 27.2. The van der Waals surface area contributed by atoms with E-state index in [1.165, 1.54) is 0 Å². The Hall–Kier alpha value is -5.06. The van der Waals surface area contributed by atoms with Crippen LogP contribution in [0.5, 0.6) is 0 Å². The van der Waals surface area contributed by atoms with Gasteiger partial charge in [0.05, 0.1) is 0 Å². The summed E-state index contributed by atoms with van der Waals surface area (Å²) in [4.78, 5) is 44.9. The molecule has 0 spiro atoms. The fourth-order valence-corrected chi connectivity index (χ4v) is 5.84. The van der Waals surface area contributed by atoms with Gasteiger partial charge in [-0.2, -0.15) is 0 Å². The quantitative estimate of drug-likeness (QED) is 0.0641. The second-order valence-corrected chi connectivity index (χ2v) is 12.4. The first kappa shape index (κ1) is 33.3. The Morgan fingerprint density at radius 1 is 0.957 bits per heavy atom. The van der Waals surface area contributed by atoms with Crippen LogP contribution in [-0.4, -0.2) is 58.5 Å². The molecule has 3 N–H and O–H groups in total. The molecule has 1 aromatic heterocycles. The lowest BCUT2D eigenvalue weighted by Gasteiger charge is -2.15. The standard InChI is InChI=1S/C36H42N6O5/c1-23(2)18-20-38-33(43)15-6-10-25-16-17-27-29(21-25)30(22-46-36(45)47-42-32-14-5-4-13-31(32)40-41-42)26-11-7-12-28(34(26)27)35(44)39-19-8-9-24(3)37/h4-5,7,11-14,16-17,21,23,30,37H,6,8-10,15,18-20,22H2,1-3H3,(H,38,43)(H,39,44). The van der Waals surface area contributed by atoms with Crippen molar-refractivity contribution in [3.05, 3.63) is 82.9 Å². The van der Waals surface area contributed by atoms with Crippen molar-refractivity contribution in [3.63, 3.8) is 0 Å². The summed E-state index contributed by atoms with van der Waals surface area (Å²) in [6, 6.07) is 18.9. The first-order valence-electron chi connectivity index (χ1n) is 16.2. The lowest BCUT2D eigenvalue weighted by molar-refractivity contribution is -0.121. The summed E-state index contributed by atoms with van der Waals surface area (Å²) in [6.45, 7) is 7.15. The van der Waals surface area contributed by atoms with Gasteiger partial charge in [0.2, 0.25) is 5.91 Å². The van der Waals surface area contributed by atoms with Crippen LogP contribution in [0.2, 0.25) is 0 Å². The second-order valence-electron chi connectivity index (χ2n) is 12.4. The van der Waals surface area contributed by atoms with Crippen LogP contribution in [-0.2, 0) is 16.0 Å². The molecule has 2 amide bonds. The Morgan fingerprint density at radius 3 is 2.60 bits per heavy atom. The minimum absolute atomic E-state index is 0.0170. The molecule has 11 nitrogen and oxygen atoms in total. The number of hydrogen-bond acceptors (Lipinski definition) is 8. The highest BCUT2D eigenvalue weighted by molar-refractivity contribution is 6.03. The van der Waals surface area contributed by atoms with Crippen molar-refractivity contribution >= 4 is 34.7 Å². The van der Waals surface area contributed by atoms with Gasteiger partial charge in [-0.1, -0.05) is 61.2 Å². The van der Waals surface area contributed by atoms with E-state index in [4.69, 9.17) is 15.0 Å². The maximum Gasteiger partial charge on any atom is 0.535 e. The molecule has 0 fully saturated rings. The number of amides is 2. The van der Waals surface area contributed by atoms with Gasteiger partial charge in [-0.15, -0.1) is 5.10 Å². The van der Waals surface area contributed by atoms with Gasteiger partial charge in [-0.05, 0) is 96.2 Å². The van der Waals surface area contributed by atoms with Crippen LogP contribution in [0.4, 0.5) is 4.79 Å². The summed E-state index contributed by atoms with van der Waals surface area (Å²) in [5.74, 6) is 0.0561. The van der Waals surface area contributed by atoms with E-state index in [0.29, 0.717) is 73.4 Å². The topological polar surface area (TPSA) is 148 Å². The van der Waals surface area contributed by atoms with E-state index in [1.807, 2.05) is 30.3 Å². The van der Waals surface area contributed by atoms with Gasteiger partial charge in [0.1, 0.15) is 17.6 Å². The van der Waals surface area contributed by atoms with Crippen molar-refractivity contribution in [2.24, 2.45) is 5.92 Å². The van der Waals surface area contributed by atoms with E-state index in [2.05, 4.69) is 40.9 Å². The Balaban J connectivity index is 1.33. The van der Waals surface area contributed by atoms with E-state index in [0.717, 1.165) is 39.1 Å². The van der Waals surface area contributed by atoms with Crippen molar-refractivity contribution in [1.29, 1.82) is 5.41 Å². The van der Waals surface area contributed by atoms with E-state index < -0.39 is 6.16 Å². The molecule has 4 aromatic rings. The predicted molar refractivity (Wildman–Crippen MR) is 180 cm³/mol. The zero-order chi connectivity index (χ0) is 33.3. The molecule has 11 heteroatoms. The highest BCUT2D eigenvalue weighted by Crippen LogP contribution is 2.47. The fourth-order valence-electron chi connectivity index (χ4n) is 5.84. The van der Waals surface area contributed by atoms with E-state index in [-0.39, 0.29) is 24.3 Å². The molecular weight excluding hydrogens is 596 g/mol. The Labute approximate surface area is 274 Å². The summed E-state index contributed by atoms with van der Waals surface area (Å²) in [6.07, 6.45) is 3.17. The highest BCUT2D eigenvalue weighted by atomic mass is 16.8. The smallest absolute Gasteiger partial charge is 0.432 e. The van der Waals surface area contributed by atoms with Crippen molar-refractivity contribution in [1.82, 2.24) is 25.8 Å². The average Bonchev–Trinajstić information content (AvgIpc) is 3.60. The van der Waals surface area contributed by atoms with Gasteiger partial charge in [-0.25, -0.2) is 4.79 Å². The number of ether oxygens (including phenoxy) is 1. The molecule has 0 bridgehead atoms. The third-order valence-electron chi connectivity index (χ3n) is 8.26. The van der Waals surface area contributed by atoms with Gasteiger partial charge in [-0.3, -0.25) is 14.4 Å². The number of benzene rings is 3. The van der Waals surface area contributed by atoms with Crippen molar-refractivity contribution in [2.75, 3.05) is 19.7 Å². The monoisotopic (exact) mass is 638 g/mol. The molecule has 47 heavy (non-hydrogen) atoms.